The fourth-order valence-corrected chi connectivity index (χ4v) is 5.45. The minimum Gasteiger partial charge on any atom is -0.494 e. The summed E-state index contributed by atoms with van der Waals surface area (Å²) in [6.07, 6.45) is -5.13. The van der Waals surface area contributed by atoms with Crippen molar-refractivity contribution in [2.45, 2.75) is 76.7 Å². The van der Waals surface area contributed by atoms with E-state index in [0.717, 1.165) is 67.3 Å². The third-order valence-corrected chi connectivity index (χ3v) is 8.33. The van der Waals surface area contributed by atoms with Gasteiger partial charge in [0.15, 0.2) is 0 Å². The highest BCUT2D eigenvalue weighted by atomic mass is 16.7. The highest BCUT2D eigenvalue weighted by Gasteiger charge is 2.45. The third kappa shape index (κ3) is 8.68. The number of piperazine rings is 1. The number of nitrogens with zero attached hydrogens (tertiary/aromatic N) is 3. The lowest BCUT2D eigenvalue weighted by molar-refractivity contribution is -0.278. The first-order valence-corrected chi connectivity index (χ1v) is 15.5. The maximum Gasteiger partial charge on any atom is 0.238 e. The summed E-state index contributed by atoms with van der Waals surface area (Å²) in [5.74, 6) is 1.30. The van der Waals surface area contributed by atoms with Crippen molar-refractivity contribution in [1.82, 2.24) is 25.3 Å². The number of hydrogen-bond donors (Lipinski definition) is 6. The number of aromatic nitrogens is 2. The van der Waals surface area contributed by atoms with Gasteiger partial charge in [0.1, 0.15) is 30.2 Å². The average Bonchev–Trinajstić information content (AvgIpc) is 3.40. The maximum absolute atomic E-state index is 12.3. The molecule has 2 aliphatic rings. The first kappa shape index (κ1) is 34.1. The van der Waals surface area contributed by atoms with Crippen LogP contribution < -0.4 is 14.8 Å². The molecule has 0 radical (unpaired) electrons. The summed E-state index contributed by atoms with van der Waals surface area (Å²) in [5.41, 5.74) is 3.71. The Morgan fingerprint density at radius 2 is 1.89 bits per heavy atom. The fourth-order valence-electron chi connectivity index (χ4n) is 5.45. The molecule has 6 N–H and O–H groups in total. The Morgan fingerprint density at radius 3 is 2.57 bits per heavy atom. The molecule has 0 aliphatic carbocycles. The summed E-state index contributed by atoms with van der Waals surface area (Å²) in [6.45, 7) is 11.0. The summed E-state index contributed by atoms with van der Waals surface area (Å²) in [7, 11) is 2.08. The lowest BCUT2D eigenvalue weighted by Gasteiger charge is -2.39. The standard InChI is InChI=1S/C31H49N5O8/c1-19(2)26-23(30(34-33-26)44-31-29(41)28(40)27(39)24(18-37)43-31)17-21-6-7-22(16-20(21)3)42-15-5-9-32-10-8-25(38)36-13-11-35(4)12-14-36/h6-7,16,19,24,27-29,31-32,37,39-41H,5,8-15,17-18H2,1-4H3,(H,33,34)/t24-,27-,28?,29-,31?/m1/s1. The molecule has 1 aromatic heterocycles. The summed E-state index contributed by atoms with van der Waals surface area (Å²) in [6, 6.07) is 5.92. The molecule has 13 heteroatoms. The number of aliphatic hydroxyl groups is 4. The zero-order chi connectivity index (χ0) is 31.8. The van der Waals surface area contributed by atoms with E-state index in [4.69, 9.17) is 14.2 Å². The molecule has 0 saturated carbocycles. The van der Waals surface area contributed by atoms with Crippen LogP contribution in [0.25, 0.3) is 0 Å². The van der Waals surface area contributed by atoms with E-state index in [2.05, 4.69) is 27.5 Å². The van der Waals surface area contributed by atoms with Gasteiger partial charge in [-0.25, -0.2) is 0 Å². The van der Waals surface area contributed by atoms with E-state index in [1.54, 1.807) is 0 Å². The van der Waals surface area contributed by atoms with Crippen LogP contribution in [0.5, 0.6) is 11.6 Å². The Labute approximate surface area is 259 Å². The normalized spacial score (nSPS) is 24.6. The van der Waals surface area contributed by atoms with E-state index in [1.807, 2.05) is 43.9 Å². The predicted molar refractivity (Wildman–Crippen MR) is 163 cm³/mol. The average molecular weight is 620 g/mol. The van der Waals surface area contributed by atoms with Crippen molar-refractivity contribution in [2.75, 3.05) is 59.5 Å². The number of nitrogens with one attached hydrogen (secondary N) is 2. The zero-order valence-electron chi connectivity index (χ0n) is 26.2. The van der Waals surface area contributed by atoms with Crippen LogP contribution in [0.3, 0.4) is 0 Å². The smallest absolute Gasteiger partial charge is 0.238 e. The second kappa shape index (κ2) is 16.0. The Hall–Kier alpha value is -2.78. The van der Waals surface area contributed by atoms with Gasteiger partial charge in [-0.05, 0) is 56.1 Å². The molecule has 3 heterocycles. The van der Waals surface area contributed by atoms with Crippen molar-refractivity contribution in [3.63, 3.8) is 0 Å². The molecular weight excluding hydrogens is 570 g/mol. The van der Waals surface area contributed by atoms with E-state index in [9.17, 15) is 25.2 Å². The number of carbonyl (C=O) groups excluding carboxylic acids is 1. The molecule has 0 bridgehead atoms. The van der Waals surface area contributed by atoms with Gasteiger partial charge in [0.25, 0.3) is 0 Å². The van der Waals surface area contributed by atoms with Crippen LogP contribution in [0.4, 0.5) is 0 Å². The van der Waals surface area contributed by atoms with Gasteiger partial charge in [-0.2, -0.15) is 0 Å². The minimum atomic E-state index is -1.54. The number of aryl methyl sites for hydroxylation is 1. The molecule has 1 aromatic carbocycles. The largest absolute Gasteiger partial charge is 0.494 e. The number of rotatable bonds is 14. The van der Waals surface area contributed by atoms with E-state index in [0.29, 0.717) is 26.0 Å². The number of H-pyrrole nitrogens is 1. The van der Waals surface area contributed by atoms with Gasteiger partial charge < -0.3 is 49.8 Å². The molecule has 2 fully saturated rings. The highest BCUT2D eigenvalue weighted by molar-refractivity contribution is 5.76. The topological polar surface area (TPSA) is 173 Å². The summed E-state index contributed by atoms with van der Waals surface area (Å²) < 4.78 is 17.4. The lowest BCUT2D eigenvalue weighted by atomic mass is 9.96. The zero-order valence-corrected chi connectivity index (χ0v) is 26.2. The molecule has 2 aliphatic heterocycles. The lowest BCUT2D eigenvalue weighted by Crippen LogP contribution is -2.60. The number of aromatic amines is 1. The van der Waals surface area contributed by atoms with Gasteiger partial charge in [0, 0.05) is 56.8 Å². The van der Waals surface area contributed by atoms with Crippen molar-refractivity contribution in [3.05, 3.63) is 40.6 Å². The first-order valence-electron chi connectivity index (χ1n) is 15.5. The number of hydrogen-bond acceptors (Lipinski definition) is 11. The van der Waals surface area contributed by atoms with Crippen LogP contribution >= 0.6 is 0 Å². The number of amides is 1. The van der Waals surface area contributed by atoms with Crippen LogP contribution in [-0.4, -0.2) is 137 Å². The molecule has 2 aromatic rings. The Kier molecular flexibility index (Phi) is 12.4. The van der Waals surface area contributed by atoms with Gasteiger partial charge in [0.05, 0.1) is 13.2 Å². The number of benzene rings is 1. The van der Waals surface area contributed by atoms with Crippen molar-refractivity contribution in [2.24, 2.45) is 0 Å². The second-order valence-electron chi connectivity index (χ2n) is 12.0. The number of likely N-dealkylation sites (N-methyl/N-ethyl adjacent to an activating group) is 1. The van der Waals surface area contributed by atoms with Crippen molar-refractivity contribution in [3.8, 4) is 11.6 Å². The highest BCUT2D eigenvalue weighted by Crippen LogP contribution is 2.32. The van der Waals surface area contributed by atoms with Crippen molar-refractivity contribution in [1.29, 1.82) is 0 Å². The van der Waals surface area contributed by atoms with Gasteiger partial charge in [-0.15, -0.1) is 5.10 Å². The minimum absolute atomic E-state index is 0.103. The van der Waals surface area contributed by atoms with Gasteiger partial charge >= 0.3 is 0 Å². The van der Waals surface area contributed by atoms with E-state index in [1.165, 1.54) is 0 Å². The van der Waals surface area contributed by atoms with E-state index < -0.39 is 37.3 Å². The first-order chi connectivity index (χ1) is 21.1. The Morgan fingerprint density at radius 1 is 1.14 bits per heavy atom. The Balaban J connectivity index is 1.27. The molecular formula is C31H49N5O8. The van der Waals surface area contributed by atoms with E-state index >= 15 is 0 Å². The van der Waals surface area contributed by atoms with Crippen LogP contribution in [0.15, 0.2) is 18.2 Å². The number of ether oxygens (including phenoxy) is 3. The molecule has 0 spiro atoms. The predicted octanol–water partition coefficient (Wildman–Crippen LogP) is 0.134. The van der Waals surface area contributed by atoms with Crippen LogP contribution in [0.2, 0.25) is 0 Å². The molecule has 246 valence electrons. The van der Waals surface area contributed by atoms with Crippen LogP contribution in [0.1, 0.15) is 55.0 Å². The Bertz CT molecular complexity index is 1200. The summed E-state index contributed by atoms with van der Waals surface area (Å²) in [5, 5.41) is 50.9. The van der Waals surface area contributed by atoms with Gasteiger partial charge in [0.2, 0.25) is 18.1 Å². The molecule has 1 amide bonds. The molecule has 44 heavy (non-hydrogen) atoms. The monoisotopic (exact) mass is 619 g/mol. The van der Waals surface area contributed by atoms with Gasteiger partial charge in [-0.1, -0.05) is 19.9 Å². The molecule has 2 saturated heterocycles. The van der Waals surface area contributed by atoms with Crippen LogP contribution in [0, 0.1) is 6.92 Å². The van der Waals surface area contributed by atoms with Crippen molar-refractivity contribution < 1.29 is 39.4 Å². The SMILES string of the molecule is Cc1cc(OCCCNCCC(=O)N2CCN(C)CC2)ccc1Cc1c(OC2O[C@H](CO)[C@@H](O)C(O)[C@H]2O)n[nH]c1C(C)C. The second-order valence-corrected chi connectivity index (χ2v) is 12.0. The number of carbonyl (C=O) groups is 1. The molecule has 5 atom stereocenters. The maximum atomic E-state index is 12.3. The fraction of sp³-hybridized carbons (Fsp3) is 0.677. The molecule has 13 nitrogen and oxygen atoms in total. The third-order valence-electron chi connectivity index (χ3n) is 8.33. The van der Waals surface area contributed by atoms with Gasteiger partial charge in [-0.3, -0.25) is 9.89 Å². The number of aliphatic hydroxyl groups excluding tert-OH is 4. The molecule has 4 rings (SSSR count). The van der Waals surface area contributed by atoms with Crippen LogP contribution in [-0.2, 0) is 16.0 Å². The summed E-state index contributed by atoms with van der Waals surface area (Å²) >= 11 is 0. The van der Waals surface area contributed by atoms with E-state index in [-0.39, 0.29) is 17.7 Å². The quantitative estimate of drug-likeness (QED) is 0.159. The van der Waals surface area contributed by atoms with Crippen molar-refractivity contribution >= 4 is 5.91 Å². The summed E-state index contributed by atoms with van der Waals surface area (Å²) in [4.78, 5) is 16.5. The molecule has 2 unspecified atom stereocenters.